The van der Waals surface area contributed by atoms with Crippen LogP contribution in [0, 0.1) is 5.92 Å². The molecule has 0 radical (unpaired) electrons. The third-order valence-corrected chi connectivity index (χ3v) is 2.69. The lowest BCUT2D eigenvalue weighted by molar-refractivity contribution is 0.576. The molecule has 0 heterocycles. The second-order valence-corrected chi connectivity index (χ2v) is 5.09. The maximum atomic E-state index is 12.7. The van der Waals surface area contributed by atoms with Crippen LogP contribution >= 0.6 is 12.4 Å². The van der Waals surface area contributed by atoms with Crippen molar-refractivity contribution >= 4 is 22.2 Å². The largest absolute Gasteiger partial charge is 0.324 e. The fourth-order valence-electron chi connectivity index (χ4n) is 0.892. The minimum atomic E-state index is -3.69. The van der Waals surface area contributed by atoms with E-state index in [1.807, 2.05) is 0 Å². The molecule has 6 heteroatoms. The predicted molar refractivity (Wildman–Crippen MR) is 52.0 cm³/mol. The van der Waals surface area contributed by atoms with Gasteiger partial charge in [-0.25, -0.2) is 8.42 Å². The second kappa shape index (κ2) is 4.39. The van der Waals surface area contributed by atoms with Crippen molar-refractivity contribution in [1.29, 1.82) is 0 Å². The Labute approximate surface area is 83.5 Å². The van der Waals surface area contributed by atoms with Gasteiger partial charge in [0.05, 0.1) is 0 Å². The topological polar surface area (TPSA) is 60.2 Å². The normalized spacial score (nSPS) is 20.7. The van der Waals surface area contributed by atoms with Crippen LogP contribution in [0.15, 0.2) is 11.2 Å². The molecule has 2 N–H and O–H groups in total. The molecule has 1 rings (SSSR count). The number of rotatable bonds is 3. The van der Waals surface area contributed by atoms with Crippen LogP contribution in [0.25, 0.3) is 0 Å². The maximum Gasteiger partial charge on any atom is 0.211 e. The highest BCUT2D eigenvalue weighted by molar-refractivity contribution is 7.94. The van der Waals surface area contributed by atoms with Gasteiger partial charge < -0.3 is 5.73 Å². The molecule has 0 aromatic rings. The SMILES string of the molecule is CS(=O)(=O)/C(F)=C/[C@@H](N)C1CC1.Cl. The van der Waals surface area contributed by atoms with Gasteiger partial charge in [0.15, 0.2) is 0 Å². The zero-order valence-corrected chi connectivity index (χ0v) is 8.87. The van der Waals surface area contributed by atoms with Crippen molar-refractivity contribution in [1.82, 2.24) is 0 Å². The lowest BCUT2D eigenvalue weighted by atomic mass is 10.2. The minimum Gasteiger partial charge on any atom is -0.324 e. The fraction of sp³-hybridized carbons (Fsp3) is 0.714. The van der Waals surface area contributed by atoms with E-state index in [4.69, 9.17) is 5.73 Å². The molecule has 0 amide bonds. The molecule has 3 nitrogen and oxygen atoms in total. The van der Waals surface area contributed by atoms with Crippen LogP contribution in [0.5, 0.6) is 0 Å². The molecule has 0 spiro atoms. The molecule has 13 heavy (non-hydrogen) atoms. The van der Waals surface area contributed by atoms with E-state index < -0.39 is 21.0 Å². The van der Waals surface area contributed by atoms with Crippen molar-refractivity contribution in [2.75, 3.05) is 6.26 Å². The summed E-state index contributed by atoms with van der Waals surface area (Å²) in [7, 11) is -3.69. The van der Waals surface area contributed by atoms with Crippen molar-refractivity contribution in [3.05, 3.63) is 11.2 Å². The Morgan fingerprint density at radius 2 is 2.08 bits per heavy atom. The highest BCUT2D eigenvalue weighted by Gasteiger charge is 2.28. The van der Waals surface area contributed by atoms with Crippen LogP contribution < -0.4 is 5.73 Å². The van der Waals surface area contributed by atoms with Crippen LogP contribution in [0.1, 0.15) is 12.8 Å². The predicted octanol–water partition coefficient (Wildman–Crippen LogP) is 1.00. The standard InChI is InChI=1S/C7H12FNO2S.ClH/c1-12(10,11)7(8)4-6(9)5-2-3-5;/h4-6H,2-3,9H2,1H3;1H/b7-4+;/t6-;/m1./s1. The van der Waals surface area contributed by atoms with Crippen LogP contribution in [0.2, 0.25) is 0 Å². The molecule has 0 unspecified atom stereocenters. The highest BCUT2D eigenvalue weighted by Crippen LogP contribution is 2.32. The third-order valence-electron chi connectivity index (χ3n) is 1.84. The average molecular weight is 230 g/mol. The van der Waals surface area contributed by atoms with Crippen molar-refractivity contribution < 1.29 is 12.8 Å². The van der Waals surface area contributed by atoms with Gasteiger partial charge in [-0.05, 0) is 24.8 Å². The Hall–Kier alpha value is -0.130. The van der Waals surface area contributed by atoms with Gasteiger partial charge in [0.2, 0.25) is 15.0 Å². The van der Waals surface area contributed by atoms with E-state index in [0.717, 1.165) is 25.2 Å². The Bertz CT molecular complexity index is 298. The van der Waals surface area contributed by atoms with E-state index in [0.29, 0.717) is 0 Å². The van der Waals surface area contributed by atoms with E-state index >= 15 is 0 Å². The number of hydrogen-bond acceptors (Lipinski definition) is 3. The summed E-state index contributed by atoms with van der Waals surface area (Å²) in [5, 5.41) is -1.11. The second-order valence-electron chi connectivity index (χ2n) is 3.16. The van der Waals surface area contributed by atoms with Gasteiger partial charge in [-0.1, -0.05) is 0 Å². The zero-order chi connectivity index (χ0) is 9.35. The Morgan fingerprint density at radius 3 is 2.38 bits per heavy atom. The summed E-state index contributed by atoms with van der Waals surface area (Å²) in [5.41, 5.74) is 5.50. The summed E-state index contributed by atoms with van der Waals surface area (Å²) < 4.78 is 34.0. The smallest absolute Gasteiger partial charge is 0.211 e. The number of sulfone groups is 1. The fourth-order valence-corrected chi connectivity index (χ4v) is 1.30. The van der Waals surface area contributed by atoms with Crippen molar-refractivity contribution in [2.45, 2.75) is 18.9 Å². The Kier molecular flexibility index (Phi) is 4.35. The first-order chi connectivity index (χ1) is 5.41. The molecular formula is C7H13ClFNO2S. The van der Waals surface area contributed by atoms with Crippen molar-refractivity contribution in [3.63, 3.8) is 0 Å². The monoisotopic (exact) mass is 229 g/mol. The van der Waals surface area contributed by atoms with Gasteiger partial charge in [0.25, 0.3) is 0 Å². The molecule has 1 aliphatic rings. The van der Waals surface area contributed by atoms with Gasteiger partial charge in [-0.3, -0.25) is 0 Å². The lowest BCUT2D eigenvalue weighted by Gasteiger charge is -2.02. The summed E-state index contributed by atoms with van der Waals surface area (Å²) in [6.45, 7) is 0. The molecule has 0 saturated heterocycles. The quantitative estimate of drug-likeness (QED) is 0.786. The lowest BCUT2D eigenvalue weighted by Crippen LogP contribution is -2.20. The first-order valence-corrected chi connectivity index (χ1v) is 5.63. The van der Waals surface area contributed by atoms with Crippen molar-refractivity contribution in [2.24, 2.45) is 11.7 Å². The molecule has 1 atom stereocenters. The molecule has 0 aliphatic heterocycles. The summed E-state index contributed by atoms with van der Waals surface area (Å²) in [4.78, 5) is 0. The van der Waals surface area contributed by atoms with Crippen LogP contribution in [-0.2, 0) is 9.84 Å². The Morgan fingerprint density at radius 1 is 1.62 bits per heavy atom. The first-order valence-electron chi connectivity index (χ1n) is 3.74. The zero-order valence-electron chi connectivity index (χ0n) is 7.23. The summed E-state index contributed by atoms with van der Waals surface area (Å²) in [5.74, 6) is 0.275. The van der Waals surface area contributed by atoms with Gasteiger partial charge in [0, 0.05) is 12.3 Å². The minimum absolute atomic E-state index is 0. The van der Waals surface area contributed by atoms with Crippen LogP contribution in [0.4, 0.5) is 4.39 Å². The van der Waals surface area contributed by atoms with Crippen molar-refractivity contribution in [3.8, 4) is 0 Å². The number of hydrogen-bond donors (Lipinski definition) is 1. The summed E-state index contributed by atoms with van der Waals surface area (Å²) in [6, 6.07) is -0.445. The molecular weight excluding hydrogens is 217 g/mol. The van der Waals surface area contributed by atoms with E-state index in [2.05, 4.69) is 0 Å². The molecule has 78 valence electrons. The highest BCUT2D eigenvalue weighted by atomic mass is 35.5. The van der Waals surface area contributed by atoms with Gasteiger partial charge >= 0.3 is 0 Å². The van der Waals surface area contributed by atoms with Gasteiger partial charge in [0.1, 0.15) is 0 Å². The van der Waals surface area contributed by atoms with Gasteiger partial charge in [-0.2, -0.15) is 4.39 Å². The Balaban J connectivity index is 0.00000144. The van der Waals surface area contributed by atoms with E-state index in [-0.39, 0.29) is 18.3 Å². The average Bonchev–Trinajstić information content (AvgIpc) is 2.65. The maximum absolute atomic E-state index is 12.7. The molecule has 1 fully saturated rings. The molecule has 0 aromatic heterocycles. The molecule has 1 aliphatic carbocycles. The number of nitrogens with two attached hydrogens (primary N) is 1. The van der Waals surface area contributed by atoms with Crippen LogP contribution in [0.3, 0.4) is 0 Å². The summed E-state index contributed by atoms with van der Waals surface area (Å²) >= 11 is 0. The molecule has 0 bridgehead atoms. The van der Waals surface area contributed by atoms with E-state index in [1.54, 1.807) is 0 Å². The van der Waals surface area contributed by atoms with Gasteiger partial charge in [-0.15, -0.1) is 12.4 Å². The summed E-state index contributed by atoms with van der Waals surface area (Å²) in [6.07, 6.45) is 3.76. The molecule has 0 aromatic carbocycles. The number of halogens is 2. The van der Waals surface area contributed by atoms with Crippen LogP contribution in [-0.4, -0.2) is 20.7 Å². The molecule has 1 saturated carbocycles. The van der Waals surface area contributed by atoms with E-state index in [9.17, 15) is 12.8 Å². The third kappa shape index (κ3) is 4.06. The van der Waals surface area contributed by atoms with E-state index in [1.165, 1.54) is 0 Å². The first kappa shape index (κ1) is 12.9.